The third kappa shape index (κ3) is 3.56. The number of aliphatic hydroxyl groups excluding tert-OH is 1. The van der Waals surface area contributed by atoms with Crippen LogP contribution in [0.15, 0.2) is 29.2 Å². The number of hydrogen-bond donors (Lipinski definition) is 2. The van der Waals surface area contributed by atoms with Crippen LogP contribution in [0.1, 0.15) is 32.1 Å². The molecule has 5 nitrogen and oxygen atoms in total. The molecule has 2 saturated carbocycles. The fourth-order valence-corrected chi connectivity index (χ4v) is 4.07. The van der Waals surface area contributed by atoms with Crippen molar-refractivity contribution in [2.75, 3.05) is 6.61 Å². The quantitative estimate of drug-likeness (QED) is 0.838. The Morgan fingerprint density at radius 3 is 2.43 bits per heavy atom. The highest BCUT2D eigenvalue weighted by molar-refractivity contribution is 7.89. The van der Waals surface area contributed by atoms with Crippen LogP contribution in [0.25, 0.3) is 0 Å². The Kier molecular flexibility index (Phi) is 4.19. The molecule has 2 atom stereocenters. The van der Waals surface area contributed by atoms with Crippen LogP contribution in [-0.2, 0) is 10.0 Å². The van der Waals surface area contributed by atoms with E-state index in [0.29, 0.717) is 6.42 Å². The van der Waals surface area contributed by atoms with Gasteiger partial charge in [0.15, 0.2) is 0 Å². The number of ether oxygens (including phenoxy) is 1. The maximum atomic E-state index is 12.2. The summed E-state index contributed by atoms with van der Waals surface area (Å²) in [5.74, 6) is 0.783. The van der Waals surface area contributed by atoms with Gasteiger partial charge >= 0.3 is 0 Å². The highest BCUT2D eigenvalue weighted by Gasteiger charge is 2.39. The summed E-state index contributed by atoms with van der Waals surface area (Å²) in [6, 6.07) is 6.44. The number of sulfonamides is 1. The van der Waals surface area contributed by atoms with Crippen LogP contribution in [-0.4, -0.2) is 32.3 Å². The lowest BCUT2D eigenvalue weighted by molar-refractivity contribution is 0.210. The summed E-state index contributed by atoms with van der Waals surface area (Å²) < 4.78 is 32.8. The van der Waals surface area contributed by atoms with Crippen molar-refractivity contribution >= 4 is 10.0 Å². The Labute approximate surface area is 125 Å². The van der Waals surface area contributed by atoms with Crippen LogP contribution in [0.4, 0.5) is 0 Å². The molecule has 3 rings (SSSR count). The van der Waals surface area contributed by atoms with E-state index in [1.807, 2.05) is 0 Å². The van der Waals surface area contributed by atoms with Crippen LogP contribution < -0.4 is 9.46 Å². The van der Waals surface area contributed by atoms with E-state index in [0.717, 1.165) is 18.6 Å². The molecule has 0 saturated heterocycles. The van der Waals surface area contributed by atoms with Crippen molar-refractivity contribution in [2.24, 2.45) is 5.92 Å². The topological polar surface area (TPSA) is 75.6 Å². The molecule has 116 valence electrons. The summed E-state index contributed by atoms with van der Waals surface area (Å²) in [5, 5.41) is 8.96. The highest BCUT2D eigenvalue weighted by atomic mass is 32.2. The minimum Gasteiger partial charge on any atom is -0.490 e. The van der Waals surface area contributed by atoms with E-state index in [1.54, 1.807) is 24.3 Å². The first-order chi connectivity index (χ1) is 10.1. The molecule has 0 bridgehead atoms. The summed E-state index contributed by atoms with van der Waals surface area (Å²) in [6.45, 7) is 0.0291. The molecule has 0 spiro atoms. The van der Waals surface area contributed by atoms with Crippen molar-refractivity contribution in [1.29, 1.82) is 0 Å². The molecule has 1 aromatic carbocycles. The van der Waals surface area contributed by atoms with Crippen LogP contribution >= 0.6 is 0 Å². The third-order valence-corrected chi connectivity index (χ3v) is 5.71. The molecule has 0 amide bonds. The molecule has 6 heteroatoms. The van der Waals surface area contributed by atoms with Gasteiger partial charge in [-0.15, -0.1) is 0 Å². The normalized spacial score (nSPS) is 26.0. The number of nitrogens with one attached hydrogen (secondary N) is 1. The maximum Gasteiger partial charge on any atom is 0.240 e. The van der Waals surface area contributed by atoms with Crippen LogP contribution in [0.2, 0.25) is 0 Å². The van der Waals surface area contributed by atoms with Gasteiger partial charge in [-0.1, -0.05) is 0 Å². The van der Waals surface area contributed by atoms with Crippen LogP contribution in [0.3, 0.4) is 0 Å². The molecule has 1 aromatic rings. The summed E-state index contributed by atoms with van der Waals surface area (Å²) in [5.41, 5.74) is 0. The molecule has 21 heavy (non-hydrogen) atoms. The van der Waals surface area contributed by atoms with Gasteiger partial charge in [-0.05, 0) is 62.3 Å². The van der Waals surface area contributed by atoms with Crippen molar-refractivity contribution in [3.05, 3.63) is 24.3 Å². The SMILES string of the molecule is O=S(=O)(N[C@H]1C[C@@H]1CO)c1ccc(OC2CCCC2)cc1. The Hall–Kier alpha value is -1.11. The second-order valence-corrected chi connectivity index (χ2v) is 7.62. The van der Waals surface area contributed by atoms with Gasteiger partial charge in [0, 0.05) is 12.6 Å². The summed E-state index contributed by atoms with van der Waals surface area (Å²) in [6.07, 6.45) is 5.53. The van der Waals surface area contributed by atoms with Gasteiger partial charge in [0.2, 0.25) is 10.0 Å². The first-order valence-corrected chi connectivity index (χ1v) is 8.97. The van der Waals surface area contributed by atoms with E-state index >= 15 is 0 Å². The first kappa shape index (κ1) is 14.8. The first-order valence-electron chi connectivity index (χ1n) is 7.48. The summed E-state index contributed by atoms with van der Waals surface area (Å²) in [4.78, 5) is 0.241. The smallest absolute Gasteiger partial charge is 0.240 e. The zero-order chi connectivity index (χ0) is 14.9. The predicted octanol–water partition coefficient (Wildman–Crippen LogP) is 1.67. The molecule has 0 aliphatic heterocycles. The maximum absolute atomic E-state index is 12.2. The Morgan fingerprint density at radius 1 is 1.19 bits per heavy atom. The lowest BCUT2D eigenvalue weighted by Gasteiger charge is -2.13. The molecule has 0 aromatic heterocycles. The minimum absolute atomic E-state index is 0.0291. The van der Waals surface area contributed by atoms with E-state index < -0.39 is 10.0 Å². The van der Waals surface area contributed by atoms with Crippen molar-refractivity contribution in [3.8, 4) is 5.75 Å². The second-order valence-electron chi connectivity index (χ2n) is 5.90. The zero-order valence-corrected chi connectivity index (χ0v) is 12.7. The summed E-state index contributed by atoms with van der Waals surface area (Å²) >= 11 is 0. The number of hydrogen-bond acceptors (Lipinski definition) is 4. The number of benzene rings is 1. The molecular weight excluding hydrogens is 290 g/mol. The zero-order valence-electron chi connectivity index (χ0n) is 11.9. The fourth-order valence-electron chi connectivity index (χ4n) is 2.76. The van der Waals surface area contributed by atoms with Crippen LogP contribution in [0, 0.1) is 5.92 Å². The van der Waals surface area contributed by atoms with Gasteiger partial charge < -0.3 is 9.84 Å². The molecule has 0 radical (unpaired) electrons. The molecule has 2 N–H and O–H groups in total. The Balaban J connectivity index is 1.62. The van der Waals surface area contributed by atoms with Gasteiger partial charge in [0.05, 0.1) is 11.0 Å². The highest BCUT2D eigenvalue weighted by Crippen LogP contribution is 2.31. The average molecular weight is 311 g/mol. The minimum atomic E-state index is -3.50. The molecular formula is C15H21NO4S. The van der Waals surface area contributed by atoms with Crippen LogP contribution in [0.5, 0.6) is 5.75 Å². The van der Waals surface area contributed by atoms with Crippen molar-refractivity contribution in [3.63, 3.8) is 0 Å². The monoisotopic (exact) mass is 311 g/mol. The molecule has 2 aliphatic rings. The van der Waals surface area contributed by atoms with Gasteiger partial charge in [-0.2, -0.15) is 0 Å². The lowest BCUT2D eigenvalue weighted by atomic mass is 10.3. The van der Waals surface area contributed by atoms with Gasteiger partial charge in [-0.3, -0.25) is 0 Å². The van der Waals surface area contributed by atoms with E-state index in [9.17, 15) is 8.42 Å². The Morgan fingerprint density at radius 2 is 1.86 bits per heavy atom. The third-order valence-electron chi connectivity index (χ3n) is 4.20. The van der Waals surface area contributed by atoms with E-state index in [-0.39, 0.29) is 29.6 Å². The van der Waals surface area contributed by atoms with Crippen molar-refractivity contribution < 1.29 is 18.3 Å². The van der Waals surface area contributed by atoms with Crippen molar-refractivity contribution in [2.45, 2.75) is 49.1 Å². The largest absolute Gasteiger partial charge is 0.490 e. The standard InChI is InChI=1S/C15H21NO4S/c17-10-11-9-15(11)16-21(18,19)14-7-5-13(6-8-14)20-12-3-1-2-4-12/h5-8,11-12,15-17H,1-4,9-10H2/t11-,15+/m1/s1. The van der Waals surface area contributed by atoms with E-state index in [2.05, 4.69) is 4.72 Å². The van der Waals surface area contributed by atoms with Crippen molar-refractivity contribution in [1.82, 2.24) is 4.72 Å². The average Bonchev–Trinajstić information content (AvgIpc) is 2.99. The summed E-state index contributed by atoms with van der Waals surface area (Å²) in [7, 11) is -3.50. The number of aliphatic hydroxyl groups is 1. The predicted molar refractivity (Wildman–Crippen MR) is 78.6 cm³/mol. The fraction of sp³-hybridized carbons (Fsp3) is 0.600. The molecule has 0 heterocycles. The molecule has 0 unspecified atom stereocenters. The molecule has 2 fully saturated rings. The van der Waals surface area contributed by atoms with E-state index in [1.165, 1.54) is 12.8 Å². The van der Waals surface area contributed by atoms with Gasteiger partial charge in [0.25, 0.3) is 0 Å². The Bertz CT molecular complexity index is 578. The lowest BCUT2D eigenvalue weighted by Crippen LogP contribution is -2.27. The van der Waals surface area contributed by atoms with E-state index in [4.69, 9.17) is 9.84 Å². The van der Waals surface area contributed by atoms with Gasteiger partial charge in [-0.25, -0.2) is 13.1 Å². The number of rotatable bonds is 6. The molecule has 2 aliphatic carbocycles. The second kappa shape index (κ2) is 5.94. The van der Waals surface area contributed by atoms with Gasteiger partial charge in [0.1, 0.15) is 5.75 Å².